The summed E-state index contributed by atoms with van der Waals surface area (Å²) in [6.07, 6.45) is 0. The molecule has 1 N–H and O–H groups in total. The number of hydrogen-bond acceptors (Lipinski definition) is 3. The zero-order valence-electron chi connectivity index (χ0n) is 13.6. The molecule has 118 valence electrons. The van der Waals surface area contributed by atoms with Gasteiger partial charge in [-0.1, -0.05) is 13.8 Å². The fraction of sp³-hybridized carbons (Fsp3) is 0.647. The van der Waals surface area contributed by atoms with Crippen molar-refractivity contribution in [3.8, 4) is 0 Å². The zero-order chi connectivity index (χ0) is 15.5. The molecule has 1 aromatic rings. The Morgan fingerprint density at radius 3 is 2.81 bits per heavy atom. The van der Waals surface area contributed by atoms with Gasteiger partial charge in [0.25, 0.3) is 0 Å². The van der Waals surface area contributed by atoms with Crippen LogP contribution in [0.3, 0.4) is 0 Å². The van der Waals surface area contributed by atoms with Gasteiger partial charge < -0.3 is 10.2 Å². The van der Waals surface area contributed by atoms with E-state index >= 15 is 0 Å². The lowest BCUT2D eigenvalue weighted by molar-refractivity contribution is 0.548. The molecule has 0 radical (unpaired) electrons. The van der Waals surface area contributed by atoms with Crippen molar-refractivity contribution in [2.45, 2.75) is 39.0 Å². The van der Waals surface area contributed by atoms with E-state index in [0.29, 0.717) is 5.92 Å². The Balaban J connectivity index is 2.14. The van der Waals surface area contributed by atoms with Gasteiger partial charge in [-0.2, -0.15) is 11.8 Å². The van der Waals surface area contributed by atoms with Gasteiger partial charge in [-0.15, -0.1) is 0 Å². The SMILES string of the molecule is CC(C)CNCc1cc(F)ccc1N1CCSC(C)(C)C1. The van der Waals surface area contributed by atoms with E-state index in [1.54, 1.807) is 12.1 Å². The largest absolute Gasteiger partial charge is 0.369 e. The molecule has 0 bridgehead atoms. The second-order valence-electron chi connectivity index (χ2n) is 6.83. The van der Waals surface area contributed by atoms with Crippen molar-refractivity contribution >= 4 is 17.4 Å². The van der Waals surface area contributed by atoms with Crippen molar-refractivity contribution in [2.24, 2.45) is 5.92 Å². The first kappa shape index (κ1) is 16.6. The Bertz CT molecular complexity index is 474. The number of rotatable bonds is 5. The van der Waals surface area contributed by atoms with Crippen molar-refractivity contribution in [3.05, 3.63) is 29.6 Å². The summed E-state index contributed by atoms with van der Waals surface area (Å²) in [5.74, 6) is 1.58. The molecule has 0 spiro atoms. The number of benzene rings is 1. The topological polar surface area (TPSA) is 15.3 Å². The highest BCUT2D eigenvalue weighted by molar-refractivity contribution is 8.00. The quantitative estimate of drug-likeness (QED) is 0.888. The average molecular weight is 310 g/mol. The average Bonchev–Trinajstić information content (AvgIpc) is 2.37. The molecule has 1 heterocycles. The van der Waals surface area contributed by atoms with Crippen molar-refractivity contribution < 1.29 is 4.39 Å². The van der Waals surface area contributed by atoms with Crippen LogP contribution in [0.15, 0.2) is 18.2 Å². The van der Waals surface area contributed by atoms with Crippen LogP contribution in [-0.4, -0.2) is 30.1 Å². The number of nitrogens with one attached hydrogen (secondary N) is 1. The van der Waals surface area contributed by atoms with E-state index < -0.39 is 0 Å². The van der Waals surface area contributed by atoms with E-state index in [2.05, 4.69) is 37.9 Å². The van der Waals surface area contributed by atoms with Gasteiger partial charge in [0.2, 0.25) is 0 Å². The van der Waals surface area contributed by atoms with Gasteiger partial charge in [0.05, 0.1) is 0 Å². The summed E-state index contributed by atoms with van der Waals surface area (Å²) in [4.78, 5) is 2.41. The number of anilines is 1. The number of hydrogen-bond donors (Lipinski definition) is 1. The Morgan fingerprint density at radius 2 is 2.14 bits per heavy atom. The van der Waals surface area contributed by atoms with Crippen molar-refractivity contribution in [2.75, 3.05) is 30.3 Å². The zero-order valence-corrected chi connectivity index (χ0v) is 14.4. The molecule has 1 aliphatic rings. The molecule has 2 rings (SSSR count). The molecule has 1 aliphatic heterocycles. The highest BCUT2D eigenvalue weighted by atomic mass is 32.2. The molecular formula is C17H27FN2S. The normalized spacial score (nSPS) is 18.3. The van der Waals surface area contributed by atoms with Gasteiger partial charge in [0.15, 0.2) is 0 Å². The lowest BCUT2D eigenvalue weighted by Gasteiger charge is -2.39. The molecule has 1 fully saturated rings. The molecule has 2 nitrogen and oxygen atoms in total. The Hall–Kier alpha value is -0.740. The summed E-state index contributed by atoms with van der Waals surface area (Å²) in [6.45, 7) is 12.7. The molecule has 0 aliphatic carbocycles. The van der Waals surface area contributed by atoms with Crippen molar-refractivity contribution in [1.82, 2.24) is 5.32 Å². The van der Waals surface area contributed by atoms with Gasteiger partial charge in [0.1, 0.15) is 5.82 Å². The van der Waals surface area contributed by atoms with E-state index in [9.17, 15) is 4.39 Å². The van der Waals surface area contributed by atoms with Gasteiger partial charge in [-0.3, -0.25) is 0 Å². The first-order valence-electron chi connectivity index (χ1n) is 7.75. The molecule has 1 aromatic carbocycles. The minimum Gasteiger partial charge on any atom is -0.369 e. The molecule has 0 amide bonds. The molecule has 0 atom stereocenters. The maximum absolute atomic E-state index is 13.6. The van der Waals surface area contributed by atoms with Crippen LogP contribution < -0.4 is 10.2 Å². The Kier molecular flexibility index (Phi) is 5.55. The Labute approximate surface area is 132 Å². The van der Waals surface area contributed by atoms with Crippen LogP contribution in [0.5, 0.6) is 0 Å². The highest BCUT2D eigenvalue weighted by Crippen LogP contribution is 2.33. The lowest BCUT2D eigenvalue weighted by Crippen LogP contribution is -2.43. The summed E-state index contributed by atoms with van der Waals surface area (Å²) in [5, 5.41) is 3.43. The fourth-order valence-electron chi connectivity index (χ4n) is 2.72. The summed E-state index contributed by atoms with van der Waals surface area (Å²) < 4.78 is 13.9. The number of nitrogens with zero attached hydrogens (tertiary/aromatic N) is 1. The van der Waals surface area contributed by atoms with Crippen LogP contribution in [0.25, 0.3) is 0 Å². The predicted octanol–water partition coefficient (Wildman–Crippen LogP) is 3.90. The summed E-state index contributed by atoms with van der Waals surface area (Å²) in [7, 11) is 0. The fourth-order valence-corrected chi connectivity index (χ4v) is 3.83. The first-order chi connectivity index (χ1) is 9.87. The molecule has 0 saturated carbocycles. The smallest absolute Gasteiger partial charge is 0.123 e. The van der Waals surface area contributed by atoms with Crippen LogP contribution in [-0.2, 0) is 6.54 Å². The summed E-state index contributed by atoms with van der Waals surface area (Å²) in [5.41, 5.74) is 2.25. The maximum atomic E-state index is 13.6. The second kappa shape index (κ2) is 7.01. The molecule has 0 unspecified atom stereocenters. The summed E-state index contributed by atoms with van der Waals surface area (Å²) in [6, 6.07) is 5.20. The van der Waals surface area contributed by atoms with Crippen LogP contribution in [0, 0.1) is 11.7 Å². The van der Waals surface area contributed by atoms with E-state index in [1.165, 1.54) is 5.69 Å². The van der Waals surface area contributed by atoms with E-state index in [-0.39, 0.29) is 10.6 Å². The van der Waals surface area contributed by atoms with Crippen LogP contribution in [0.1, 0.15) is 33.3 Å². The number of thioether (sulfide) groups is 1. The van der Waals surface area contributed by atoms with E-state index in [0.717, 1.165) is 37.5 Å². The highest BCUT2D eigenvalue weighted by Gasteiger charge is 2.28. The lowest BCUT2D eigenvalue weighted by atomic mass is 10.1. The third-order valence-corrected chi connectivity index (χ3v) is 4.97. The van der Waals surface area contributed by atoms with Crippen molar-refractivity contribution in [3.63, 3.8) is 0 Å². The van der Waals surface area contributed by atoms with E-state index in [4.69, 9.17) is 0 Å². The number of halogens is 1. The maximum Gasteiger partial charge on any atom is 0.123 e. The summed E-state index contributed by atoms with van der Waals surface area (Å²) >= 11 is 2.02. The predicted molar refractivity (Wildman–Crippen MR) is 91.7 cm³/mol. The van der Waals surface area contributed by atoms with Gasteiger partial charge in [0, 0.05) is 35.8 Å². The molecule has 21 heavy (non-hydrogen) atoms. The third-order valence-electron chi connectivity index (χ3n) is 3.68. The van der Waals surface area contributed by atoms with Gasteiger partial charge in [-0.05, 0) is 50.1 Å². The molecule has 0 aromatic heterocycles. The van der Waals surface area contributed by atoms with Crippen molar-refractivity contribution in [1.29, 1.82) is 0 Å². The molecule has 1 saturated heterocycles. The van der Waals surface area contributed by atoms with Gasteiger partial charge >= 0.3 is 0 Å². The Morgan fingerprint density at radius 1 is 1.38 bits per heavy atom. The second-order valence-corrected chi connectivity index (χ2v) is 8.63. The third kappa shape index (κ3) is 4.89. The monoisotopic (exact) mass is 310 g/mol. The van der Waals surface area contributed by atoms with Gasteiger partial charge in [-0.25, -0.2) is 4.39 Å². The minimum atomic E-state index is -0.147. The first-order valence-corrected chi connectivity index (χ1v) is 8.74. The minimum absolute atomic E-state index is 0.147. The van der Waals surface area contributed by atoms with Crippen LogP contribution in [0.2, 0.25) is 0 Å². The molecular weight excluding hydrogens is 283 g/mol. The molecule has 4 heteroatoms. The van der Waals surface area contributed by atoms with Crippen LogP contribution in [0.4, 0.5) is 10.1 Å². The van der Waals surface area contributed by atoms with Crippen LogP contribution >= 0.6 is 11.8 Å². The standard InChI is InChI=1S/C17H27FN2S/c1-13(2)10-19-11-14-9-15(18)5-6-16(14)20-7-8-21-17(3,4)12-20/h5-6,9,13,19H,7-8,10-12H2,1-4H3. The van der Waals surface area contributed by atoms with E-state index in [1.807, 2.05) is 17.8 Å².